The molecule has 0 atom stereocenters. The Kier molecular flexibility index (Phi) is 5.21. The monoisotopic (exact) mass is 286 g/mol. The Bertz CT molecular complexity index is 607. The Labute approximate surface area is 123 Å². The number of hydrogen-bond acceptors (Lipinski definition) is 3. The third kappa shape index (κ3) is 4.24. The van der Waals surface area contributed by atoms with Crippen LogP contribution in [0.4, 0.5) is 0 Å². The molecule has 2 rings (SSSR count). The number of rotatable bonds is 7. The molecule has 0 saturated carbocycles. The SMILES string of the molecule is CCc1ccccc1OCCOc1cccc(C(=O)O)c1. The number of carboxylic acids is 1. The quantitative estimate of drug-likeness (QED) is 0.792. The van der Waals surface area contributed by atoms with Crippen LogP contribution in [0.2, 0.25) is 0 Å². The lowest BCUT2D eigenvalue weighted by Crippen LogP contribution is -2.10. The van der Waals surface area contributed by atoms with Crippen LogP contribution in [0.15, 0.2) is 48.5 Å². The molecule has 0 bridgehead atoms. The van der Waals surface area contributed by atoms with Crippen molar-refractivity contribution in [1.82, 2.24) is 0 Å². The summed E-state index contributed by atoms with van der Waals surface area (Å²) in [6.07, 6.45) is 0.914. The van der Waals surface area contributed by atoms with Gasteiger partial charge in [-0.05, 0) is 36.2 Å². The van der Waals surface area contributed by atoms with Gasteiger partial charge in [0.1, 0.15) is 24.7 Å². The second-order valence-electron chi connectivity index (χ2n) is 4.49. The van der Waals surface area contributed by atoms with Crippen molar-refractivity contribution in [1.29, 1.82) is 0 Å². The van der Waals surface area contributed by atoms with Gasteiger partial charge in [0, 0.05) is 0 Å². The second-order valence-corrected chi connectivity index (χ2v) is 4.49. The van der Waals surface area contributed by atoms with Gasteiger partial charge in [0.15, 0.2) is 0 Å². The van der Waals surface area contributed by atoms with Crippen molar-refractivity contribution >= 4 is 5.97 Å². The van der Waals surface area contributed by atoms with Gasteiger partial charge in [0.2, 0.25) is 0 Å². The normalized spacial score (nSPS) is 10.1. The zero-order chi connectivity index (χ0) is 15.1. The molecule has 2 aromatic rings. The van der Waals surface area contributed by atoms with E-state index in [0.717, 1.165) is 17.7 Å². The van der Waals surface area contributed by atoms with E-state index in [1.54, 1.807) is 12.1 Å². The van der Waals surface area contributed by atoms with Crippen LogP contribution in [-0.4, -0.2) is 24.3 Å². The fourth-order valence-corrected chi connectivity index (χ4v) is 1.97. The van der Waals surface area contributed by atoms with Crippen molar-refractivity contribution in [3.63, 3.8) is 0 Å². The van der Waals surface area contributed by atoms with E-state index in [9.17, 15) is 4.79 Å². The lowest BCUT2D eigenvalue weighted by Gasteiger charge is -2.11. The summed E-state index contributed by atoms with van der Waals surface area (Å²) >= 11 is 0. The van der Waals surface area contributed by atoms with Crippen LogP contribution in [0.3, 0.4) is 0 Å². The number of ether oxygens (including phenoxy) is 2. The van der Waals surface area contributed by atoms with Gasteiger partial charge in [-0.2, -0.15) is 0 Å². The predicted molar refractivity (Wildman–Crippen MR) is 80.2 cm³/mol. The molecule has 0 aliphatic heterocycles. The molecule has 110 valence electrons. The van der Waals surface area contributed by atoms with Crippen LogP contribution >= 0.6 is 0 Å². The maximum atomic E-state index is 10.9. The summed E-state index contributed by atoms with van der Waals surface area (Å²) in [7, 11) is 0. The molecule has 0 heterocycles. The molecule has 0 amide bonds. The first-order chi connectivity index (χ1) is 10.2. The zero-order valence-corrected chi connectivity index (χ0v) is 11.9. The predicted octanol–water partition coefficient (Wildman–Crippen LogP) is 3.41. The number of para-hydroxylation sites is 1. The molecule has 0 aromatic heterocycles. The van der Waals surface area contributed by atoms with Crippen molar-refractivity contribution < 1.29 is 19.4 Å². The molecular formula is C17H18O4. The molecule has 0 radical (unpaired) electrons. The summed E-state index contributed by atoms with van der Waals surface area (Å²) < 4.78 is 11.2. The minimum atomic E-state index is -0.964. The van der Waals surface area contributed by atoms with E-state index in [1.807, 2.05) is 24.3 Å². The van der Waals surface area contributed by atoms with Crippen molar-refractivity contribution in [3.05, 3.63) is 59.7 Å². The van der Waals surface area contributed by atoms with E-state index in [2.05, 4.69) is 6.92 Å². The summed E-state index contributed by atoms with van der Waals surface area (Å²) in [5.74, 6) is 0.429. The molecule has 0 aliphatic carbocycles. The van der Waals surface area contributed by atoms with Crippen molar-refractivity contribution in [3.8, 4) is 11.5 Å². The number of benzene rings is 2. The van der Waals surface area contributed by atoms with Crippen molar-refractivity contribution in [2.24, 2.45) is 0 Å². The van der Waals surface area contributed by atoms with E-state index in [0.29, 0.717) is 19.0 Å². The van der Waals surface area contributed by atoms with Crippen LogP contribution < -0.4 is 9.47 Å². The fourth-order valence-electron chi connectivity index (χ4n) is 1.97. The molecule has 0 aliphatic rings. The Balaban J connectivity index is 1.85. The summed E-state index contributed by atoms with van der Waals surface area (Å²) in [4.78, 5) is 10.9. The van der Waals surface area contributed by atoms with E-state index >= 15 is 0 Å². The standard InChI is InChI=1S/C17H18O4/c1-2-13-6-3-4-9-16(13)21-11-10-20-15-8-5-7-14(12-15)17(18)19/h3-9,12H,2,10-11H2,1H3,(H,18,19). The van der Waals surface area contributed by atoms with Crippen LogP contribution in [0.25, 0.3) is 0 Å². The molecule has 0 spiro atoms. The summed E-state index contributed by atoms with van der Waals surface area (Å²) in [6, 6.07) is 14.3. The molecule has 2 aromatic carbocycles. The maximum Gasteiger partial charge on any atom is 0.335 e. The van der Waals surface area contributed by atoms with Crippen LogP contribution in [-0.2, 0) is 6.42 Å². The van der Waals surface area contributed by atoms with Gasteiger partial charge in [0.25, 0.3) is 0 Å². The second kappa shape index (κ2) is 7.33. The van der Waals surface area contributed by atoms with Gasteiger partial charge in [-0.15, -0.1) is 0 Å². The highest BCUT2D eigenvalue weighted by Gasteiger charge is 2.04. The zero-order valence-electron chi connectivity index (χ0n) is 11.9. The first kappa shape index (κ1) is 14.9. The summed E-state index contributed by atoms with van der Waals surface area (Å²) in [5.41, 5.74) is 1.37. The topological polar surface area (TPSA) is 55.8 Å². The molecule has 4 nitrogen and oxygen atoms in total. The van der Waals surface area contributed by atoms with Crippen molar-refractivity contribution in [2.45, 2.75) is 13.3 Å². The van der Waals surface area contributed by atoms with Gasteiger partial charge in [-0.3, -0.25) is 0 Å². The number of aryl methyl sites for hydroxylation is 1. The van der Waals surface area contributed by atoms with Gasteiger partial charge in [-0.25, -0.2) is 4.79 Å². The van der Waals surface area contributed by atoms with Crippen molar-refractivity contribution in [2.75, 3.05) is 13.2 Å². The molecule has 4 heteroatoms. The third-order valence-corrected chi connectivity index (χ3v) is 3.04. The van der Waals surface area contributed by atoms with Crippen LogP contribution in [0.5, 0.6) is 11.5 Å². The number of carboxylic acid groups (broad SMARTS) is 1. The number of hydrogen-bond donors (Lipinski definition) is 1. The lowest BCUT2D eigenvalue weighted by molar-refractivity contribution is 0.0696. The third-order valence-electron chi connectivity index (χ3n) is 3.04. The Morgan fingerprint density at radius 2 is 1.81 bits per heavy atom. The smallest absolute Gasteiger partial charge is 0.335 e. The number of carbonyl (C=O) groups is 1. The highest BCUT2D eigenvalue weighted by molar-refractivity contribution is 5.87. The molecule has 1 N–H and O–H groups in total. The minimum absolute atomic E-state index is 0.213. The maximum absolute atomic E-state index is 10.9. The van der Waals surface area contributed by atoms with Gasteiger partial charge in [-0.1, -0.05) is 31.2 Å². The summed E-state index contributed by atoms with van der Waals surface area (Å²) in [6.45, 7) is 2.85. The highest BCUT2D eigenvalue weighted by Crippen LogP contribution is 2.18. The van der Waals surface area contributed by atoms with Gasteiger partial charge < -0.3 is 14.6 Å². The molecule has 0 saturated heterocycles. The molecule has 0 unspecified atom stereocenters. The van der Waals surface area contributed by atoms with Gasteiger partial charge in [0.05, 0.1) is 5.56 Å². The van der Waals surface area contributed by atoms with E-state index < -0.39 is 5.97 Å². The van der Waals surface area contributed by atoms with Crippen LogP contribution in [0.1, 0.15) is 22.8 Å². The largest absolute Gasteiger partial charge is 0.490 e. The molecule has 0 fully saturated rings. The van der Waals surface area contributed by atoms with Gasteiger partial charge >= 0.3 is 5.97 Å². The van der Waals surface area contributed by atoms with E-state index in [-0.39, 0.29) is 5.56 Å². The number of aromatic carboxylic acids is 1. The average molecular weight is 286 g/mol. The fraction of sp³-hybridized carbons (Fsp3) is 0.235. The first-order valence-electron chi connectivity index (χ1n) is 6.87. The average Bonchev–Trinajstić information content (AvgIpc) is 2.52. The minimum Gasteiger partial charge on any atom is -0.490 e. The molecule has 21 heavy (non-hydrogen) atoms. The molecular weight excluding hydrogens is 268 g/mol. The van der Waals surface area contributed by atoms with E-state index in [1.165, 1.54) is 12.1 Å². The van der Waals surface area contributed by atoms with Crippen LogP contribution in [0, 0.1) is 0 Å². The first-order valence-corrected chi connectivity index (χ1v) is 6.87. The Morgan fingerprint density at radius 3 is 2.57 bits per heavy atom. The lowest BCUT2D eigenvalue weighted by atomic mass is 10.1. The highest BCUT2D eigenvalue weighted by atomic mass is 16.5. The Hall–Kier alpha value is -2.49. The van der Waals surface area contributed by atoms with E-state index in [4.69, 9.17) is 14.6 Å². The summed E-state index contributed by atoms with van der Waals surface area (Å²) in [5, 5.41) is 8.91. The Morgan fingerprint density at radius 1 is 1.05 bits per heavy atom.